The van der Waals surface area contributed by atoms with Gasteiger partial charge < -0.3 is 15.5 Å². The Bertz CT molecular complexity index is 459. The molecule has 118 valence electrons. The van der Waals surface area contributed by atoms with Gasteiger partial charge in [0.05, 0.1) is 0 Å². The molecule has 1 heterocycles. The van der Waals surface area contributed by atoms with Gasteiger partial charge >= 0.3 is 6.03 Å². The number of likely N-dealkylation sites (N-methyl/N-ethyl adjacent to an activating group) is 1. The van der Waals surface area contributed by atoms with Crippen LogP contribution in [0, 0.1) is 13.8 Å². The molecule has 0 unspecified atom stereocenters. The summed E-state index contributed by atoms with van der Waals surface area (Å²) in [6, 6.07) is 6.12. The van der Waals surface area contributed by atoms with Gasteiger partial charge in [-0.05, 0) is 63.5 Å². The zero-order valence-corrected chi connectivity index (χ0v) is 14.0. The van der Waals surface area contributed by atoms with E-state index in [2.05, 4.69) is 36.4 Å². The number of likely N-dealkylation sites (tertiary alicyclic amines) is 1. The van der Waals surface area contributed by atoms with Gasteiger partial charge in [0, 0.05) is 18.3 Å². The monoisotopic (exact) mass is 291 g/mol. The summed E-state index contributed by atoms with van der Waals surface area (Å²) < 4.78 is 0. The van der Waals surface area contributed by atoms with Crippen LogP contribution in [0.4, 0.5) is 10.5 Å². The average molecular weight is 291 g/mol. The lowest BCUT2D eigenvalue weighted by atomic mass is 10.1. The van der Waals surface area contributed by atoms with Gasteiger partial charge in [-0.1, -0.05) is 19.9 Å². The average Bonchev–Trinajstić information content (AvgIpc) is 2.45. The minimum Gasteiger partial charge on any atom is -0.334 e. The minimum atomic E-state index is -0.108. The van der Waals surface area contributed by atoms with Gasteiger partial charge in [-0.2, -0.15) is 0 Å². The molecule has 1 aliphatic rings. The highest BCUT2D eigenvalue weighted by Crippen LogP contribution is 2.14. The first-order valence-electron chi connectivity index (χ1n) is 7.88. The Hall–Kier alpha value is -1.55. The second-order valence-electron chi connectivity index (χ2n) is 5.50. The van der Waals surface area contributed by atoms with Crippen LogP contribution < -0.4 is 10.6 Å². The van der Waals surface area contributed by atoms with Crippen LogP contribution in [-0.2, 0) is 0 Å². The quantitative estimate of drug-likeness (QED) is 0.875. The van der Waals surface area contributed by atoms with Crippen LogP contribution in [0.1, 0.15) is 37.8 Å². The van der Waals surface area contributed by atoms with Gasteiger partial charge in [0.1, 0.15) is 0 Å². The van der Waals surface area contributed by atoms with E-state index in [1.165, 1.54) is 11.1 Å². The molecule has 2 N–H and O–H groups in total. The Balaban J connectivity index is 0.00000106. The molecule has 0 spiro atoms. The van der Waals surface area contributed by atoms with E-state index in [1.807, 2.05) is 32.0 Å². The largest absolute Gasteiger partial charge is 0.334 e. The number of carbonyl (C=O) groups excluding carboxylic acids is 1. The first kappa shape index (κ1) is 17.5. The second-order valence-corrected chi connectivity index (χ2v) is 5.50. The molecule has 1 saturated heterocycles. The van der Waals surface area contributed by atoms with Crippen LogP contribution in [-0.4, -0.2) is 37.1 Å². The predicted molar refractivity (Wildman–Crippen MR) is 89.9 cm³/mol. The summed E-state index contributed by atoms with van der Waals surface area (Å²) >= 11 is 0. The molecule has 1 aromatic carbocycles. The number of nitrogens with zero attached hydrogens (tertiary/aromatic N) is 1. The van der Waals surface area contributed by atoms with Crippen LogP contribution in [0.15, 0.2) is 18.2 Å². The normalized spacial score (nSPS) is 18.4. The van der Waals surface area contributed by atoms with Crippen molar-refractivity contribution in [3.8, 4) is 0 Å². The van der Waals surface area contributed by atoms with Crippen molar-refractivity contribution in [1.29, 1.82) is 0 Å². The molecule has 1 aliphatic heterocycles. The maximum absolute atomic E-state index is 11.9. The SMILES string of the molecule is CC.Cc1ccc(NC(=O)N[C@@H]2CCCN(C)C2)cc1C. The van der Waals surface area contributed by atoms with E-state index in [0.717, 1.165) is 31.6 Å². The number of carbonyl (C=O) groups is 1. The highest BCUT2D eigenvalue weighted by Gasteiger charge is 2.18. The van der Waals surface area contributed by atoms with Crippen LogP contribution in [0.25, 0.3) is 0 Å². The lowest BCUT2D eigenvalue weighted by Gasteiger charge is -2.30. The number of anilines is 1. The number of nitrogens with one attached hydrogen (secondary N) is 2. The highest BCUT2D eigenvalue weighted by atomic mass is 16.2. The van der Waals surface area contributed by atoms with Gasteiger partial charge in [0.15, 0.2) is 0 Å². The molecular weight excluding hydrogens is 262 g/mol. The van der Waals surface area contributed by atoms with Crippen molar-refractivity contribution in [2.75, 3.05) is 25.5 Å². The third-order valence-electron chi connectivity index (χ3n) is 3.72. The third-order valence-corrected chi connectivity index (χ3v) is 3.72. The van der Waals surface area contributed by atoms with E-state index < -0.39 is 0 Å². The molecule has 2 rings (SSSR count). The van der Waals surface area contributed by atoms with Gasteiger partial charge in [0.2, 0.25) is 0 Å². The fourth-order valence-electron chi connectivity index (χ4n) is 2.46. The molecule has 1 atom stereocenters. The molecule has 21 heavy (non-hydrogen) atoms. The Labute approximate surface area is 128 Å². The second kappa shape index (κ2) is 8.67. The Morgan fingerprint density at radius 2 is 1.95 bits per heavy atom. The molecule has 0 aromatic heterocycles. The molecule has 0 saturated carbocycles. The molecular formula is C17H29N3O. The summed E-state index contributed by atoms with van der Waals surface area (Å²) in [5, 5.41) is 5.94. The summed E-state index contributed by atoms with van der Waals surface area (Å²) in [5.41, 5.74) is 3.28. The third kappa shape index (κ3) is 5.76. The van der Waals surface area contributed by atoms with Crippen molar-refractivity contribution in [1.82, 2.24) is 10.2 Å². The lowest BCUT2D eigenvalue weighted by Crippen LogP contribution is -2.47. The molecule has 0 aliphatic carbocycles. The smallest absolute Gasteiger partial charge is 0.319 e. The number of amides is 2. The highest BCUT2D eigenvalue weighted by molar-refractivity contribution is 5.89. The van der Waals surface area contributed by atoms with Crippen molar-refractivity contribution in [3.63, 3.8) is 0 Å². The number of hydrogen-bond acceptors (Lipinski definition) is 2. The zero-order chi connectivity index (χ0) is 15.8. The number of rotatable bonds is 2. The number of hydrogen-bond donors (Lipinski definition) is 2. The van der Waals surface area contributed by atoms with Crippen LogP contribution >= 0.6 is 0 Å². The summed E-state index contributed by atoms with van der Waals surface area (Å²) in [5.74, 6) is 0. The fourth-order valence-corrected chi connectivity index (χ4v) is 2.46. The van der Waals surface area contributed by atoms with Gasteiger partial charge in [-0.3, -0.25) is 0 Å². The Morgan fingerprint density at radius 3 is 2.57 bits per heavy atom. The Kier molecular flexibility index (Phi) is 7.23. The van der Waals surface area contributed by atoms with E-state index in [0.29, 0.717) is 0 Å². The summed E-state index contributed by atoms with van der Waals surface area (Å²) in [6.07, 6.45) is 2.20. The zero-order valence-electron chi connectivity index (χ0n) is 14.0. The first-order valence-corrected chi connectivity index (χ1v) is 7.88. The molecule has 4 heteroatoms. The summed E-state index contributed by atoms with van der Waals surface area (Å²) in [7, 11) is 2.09. The number of benzene rings is 1. The standard InChI is InChI=1S/C15H23N3O.C2H6/c1-11-6-7-13(9-12(11)2)16-15(19)17-14-5-4-8-18(3)10-14;1-2/h6-7,9,14H,4-5,8,10H2,1-3H3,(H2,16,17,19);1-2H3/t14-;/m1./s1. The van der Waals surface area contributed by atoms with Crippen molar-refractivity contribution in [3.05, 3.63) is 29.3 Å². The Morgan fingerprint density at radius 1 is 1.24 bits per heavy atom. The topological polar surface area (TPSA) is 44.4 Å². The van der Waals surface area contributed by atoms with Gasteiger partial charge in [-0.25, -0.2) is 4.79 Å². The first-order chi connectivity index (χ1) is 10.0. The van der Waals surface area contributed by atoms with Crippen molar-refractivity contribution in [2.24, 2.45) is 0 Å². The van der Waals surface area contributed by atoms with E-state index >= 15 is 0 Å². The summed E-state index contributed by atoms with van der Waals surface area (Å²) in [6.45, 7) is 10.2. The van der Waals surface area contributed by atoms with Gasteiger partial charge in [-0.15, -0.1) is 0 Å². The minimum absolute atomic E-state index is 0.108. The molecule has 0 bridgehead atoms. The maximum atomic E-state index is 11.9. The summed E-state index contributed by atoms with van der Waals surface area (Å²) in [4.78, 5) is 14.2. The fraction of sp³-hybridized carbons (Fsp3) is 0.588. The number of urea groups is 1. The van der Waals surface area contributed by atoms with Crippen LogP contribution in [0.5, 0.6) is 0 Å². The van der Waals surface area contributed by atoms with Crippen LogP contribution in [0.3, 0.4) is 0 Å². The molecule has 2 amide bonds. The van der Waals surface area contributed by atoms with Crippen molar-refractivity contribution >= 4 is 11.7 Å². The number of piperidine rings is 1. The van der Waals surface area contributed by atoms with Gasteiger partial charge in [0.25, 0.3) is 0 Å². The number of aryl methyl sites for hydroxylation is 2. The van der Waals surface area contributed by atoms with Crippen molar-refractivity contribution < 1.29 is 4.79 Å². The molecule has 4 nitrogen and oxygen atoms in total. The van der Waals surface area contributed by atoms with Crippen LogP contribution in [0.2, 0.25) is 0 Å². The van der Waals surface area contributed by atoms with Crippen molar-refractivity contribution in [2.45, 2.75) is 46.6 Å². The maximum Gasteiger partial charge on any atom is 0.319 e. The lowest BCUT2D eigenvalue weighted by molar-refractivity contribution is 0.216. The van der Waals surface area contributed by atoms with E-state index in [9.17, 15) is 4.79 Å². The van der Waals surface area contributed by atoms with E-state index in [-0.39, 0.29) is 12.1 Å². The molecule has 0 radical (unpaired) electrons. The molecule has 1 aromatic rings. The van der Waals surface area contributed by atoms with E-state index in [4.69, 9.17) is 0 Å². The van der Waals surface area contributed by atoms with E-state index in [1.54, 1.807) is 0 Å². The molecule has 1 fully saturated rings. The predicted octanol–water partition coefficient (Wildman–Crippen LogP) is 3.55.